The minimum Gasteiger partial charge on any atom is -0.497 e. The summed E-state index contributed by atoms with van der Waals surface area (Å²) in [7, 11) is 1.62. The summed E-state index contributed by atoms with van der Waals surface area (Å²) < 4.78 is 5.07. The molecule has 0 aliphatic rings. The number of aryl methyl sites for hydroxylation is 1. The van der Waals surface area contributed by atoms with E-state index in [2.05, 4.69) is 15.5 Å². The number of carbonyl (C=O) groups is 1. The maximum Gasteiger partial charge on any atom is 0.249 e. The zero-order valence-electron chi connectivity index (χ0n) is 11.7. The first-order valence-corrected chi connectivity index (χ1v) is 6.25. The van der Waals surface area contributed by atoms with Gasteiger partial charge in [-0.1, -0.05) is 12.1 Å². The molecule has 0 bridgehead atoms. The van der Waals surface area contributed by atoms with Crippen LogP contribution in [0.3, 0.4) is 0 Å². The molecule has 104 valence electrons. The van der Waals surface area contributed by atoms with Gasteiger partial charge in [0.25, 0.3) is 0 Å². The summed E-state index contributed by atoms with van der Waals surface area (Å²) in [5, 5.41) is 9.58. The number of rotatable bonds is 4. The third kappa shape index (κ3) is 3.26. The van der Waals surface area contributed by atoms with Crippen molar-refractivity contribution in [1.82, 2.24) is 10.2 Å². The molecule has 0 saturated heterocycles. The minimum absolute atomic E-state index is 0.213. The average molecular weight is 271 g/mol. The molecule has 0 unspecified atom stereocenters. The highest BCUT2D eigenvalue weighted by molar-refractivity contribution is 6.01. The smallest absolute Gasteiger partial charge is 0.249 e. The minimum atomic E-state index is -0.213. The Kier molecular flexibility index (Phi) is 4.20. The Morgan fingerprint density at radius 3 is 2.55 bits per heavy atom. The number of benzene rings is 1. The Morgan fingerprint density at radius 1 is 1.30 bits per heavy atom. The summed E-state index contributed by atoms with van der Waals surface area (Å²) in [5.41, 5.74) is 2.81. The van der Waals surface area contributed by atoms with Crippen LogP contribution in [0.1, 0.15) is 16.8 Å². The highest BCUT2D eigenvalue weighted by Gasteiger charge is 2.06. The average Bonchev–Trinajstić information content (AvgIpc) is 2.78. The molecule has 0 saturated carbocycles. The van der Waals surface area contributed by atoms with Crippen molar-refractivity contribution in [2.45, 2.75) is 13.8 Å². The predicted octanol–water partition coefficient (Wildman–Crippen LogP) is 2.69. The van der Waals surface area contributed by atoms with E-state index in [4.69, 9.17) is 4.74 Å². The van der Waals surface area contributed by atoms with Gasteiger partial charge in [-0.2, -0.15) is 5.10 Å². The fraction of sp³-hybridized carbons (Fsp3) is 0.200. The first-order chi connectivity index (χ1) is 9.60. The molecule has 0 fully saturated rings. The molecule has 5 heteroatoms. The predicted molar refractivity (Wildman–Crippen MR) is 78.7 cm³/mol. The first kappa shape index (κ1) is 13.9. The largest absolute Gasteiger partial charge is 0.497 e. The fourth-order valence-corrected chi connectivity index (χ4v) is 1.65. The van der Waals surface area contributed by atoms with E-state index in [0.29, 0.717) is 5.82 Å². The summed E-state index contributed by atoms with van der Waals surface area (Å²) >= 11 is 0. The number of aromatic nitrogens is 2. The summed E-state index contributed by atoms with van der Waals surface area (Å²) in [6, 6.07) is 7.46. The number of H-pyrrole nitrogens is 1. The van der Waals surface area contributed by atoms with Crippen LogP contribution < -0.4 is 10.1 Å². The van der Waals surface area contributed by atoms with Gasteiger partial charge in [-0.25, -0.2) is 0 Å². The van der Waals surface area contributed by atoms with E-state index in [1.54, 1.807) is 13.2 Å². The molecule has 0 aliphatic carbocycles. The number of anilines is 1. The highest BCUT2D eigenvalue weighted by atomic mass is 16.5. The van der Waals surface area contributed by atoms with Crippen molar-refractivity contribution in [3.05, 3.63) is 47.2 Å². The topological polar surface area (TPSA) is 67.0 Å². The van der Waals surface area contributed by atoms with Gasteiger partial charge >= 0.3 is 0 Å². The lowest BCUT2D eigenvalue weighted by Crippen LogP contribution is -2.09. The third-order valence-corrected chi connectivity index (χ3v) is 3.04. The maximum absolute atomic E-state index is 11.8. The van der Waals surface area contributed by atoms with Crippen molar-refractivity contribution in [3.8, 4) is 5.75 Å². The van der Waals surface area contributed by atoms with Gasteiger partial charge in [-0.05, 0) is 37.6 Å². The van der Waals surface area contributed by atoms with Crippen molar-refractivity contribution < 1.29 is 9.53 Å². The van der Waals surface area contributed by atoms with Crippen molar-refractivity contribution >= 4 is 17.8 Å². The van der Waals surface area contributed by atoms with E-state index in [9.17, 15) is 4.79 Å². The van der Waals surface area contributed by atoms with Gasteiger partial charge < -0.3 is 10.1 Å². The summed E-state index contributed by atoms with van der Waals surface area (Å²) in [5.74, 6) is 1.14. The van der Waals surface area contributed by atoms with Crippen molar-refractivity contribution in [1.29, 1.82) is 0 Å². The molecule has 5 nitrogen and oxygen atoms in total. The standard InChI is InChI=1S/C15H17N3O2/c1-10-11(2)17-18-15(10)16-14(19)9-6-12-4-7-13(20-3)8-5-12/h4-9H,1-3H3,(H2,16,17,18,19)/b9-6+. The summed E-state index contributed by atoms with van der Waals surface area (Å²) in [6.45, 7) is 3.81. The van der Waals surface area contributed by atoms with E-state index in [-0.39, 0.29) is 5.91 Å². The van der Waals surface area contributed by atoms with Gasteiger partial charge in [0.1, 0.15) is 5.75 Å². The highest BCUT2D eigenvalue weighted by Crippen LogP contribution is 2.14. The second-order valence-electron chi connectivity index (χ2n) is 4.42. The quantitative estimate of drug-likeness (QED) is 0.840. The van der Waals surface area contributed by atoms with Crippen LogP contribution in [0.25, 0.3) is 6.08 Å². The van der Waals surface area contributed by atoms with Crippen molar-refractivity contribution in [2.75, 3.05) is 12.4 Å². The molecule has 0 radical (unpaired) electrons. The van der Waals surface area contributed by atoms with Crippen LogP contribution in [-0.4, -0.2) is 23.2 Å². The van der Waals surface area contributed by atoms with Gasteiger partial charge in [0.05, 0.1) is 7.11 Å². The van der Waals surface area contributed by atoms with Crippen LogP contribution in [0, 0.1) is 13.8 Å². The van der Waals surface area contributed by atoms with E-state index < -0.39 is 0 Å². The zero-order chi connectivity index (χ0) is 14.5. The first-order valence-electron chi connectivity index (χ1n) is 6.25. The molecule has 2 aromatic rings. The molecule has 0 atom stereocenters. The summed E-state index contributed by atoms with van der Waals surface area (Å²) in [6.07, 6.45) is 3.22. The number of carbonyl (C=O) groups excluding carboxylic acids is 1. The molecule has 2 N–H and O–H groups in total. The molecular formula is C15H17N3O2. The van der Waals surface area contributed by atoms with Gasteiger partial charge in [-0.15, -0.1) is 0 Å². The van der Waals surface area contributed by atoms with Gasteiger partial charge in [0.2, 0.25) is 5.91 Å². The van der Waals surface area contributed by atoms with Gasteiger partial charge in [-0.3, -0.25) is 9.89 Å². The lowest BCUT2D eigenvalue weighted by atomic mass is 10.2. The number of nitrogens with zero attached hydrogens (tertiary/aromatic N) is 1. The number of hydrogen-bond donors (Lipinski definition) is 2. The third-order valence-electron chi connectivity index (χ3n) is 3.04. The van der Waals surface area contributed by atoms with E-state index in [1.807, 2.05) is 38.1 Å². The molecule has 1 amide bonds. The lowest BCUT2D eigenvalue weighted by molar-refractivity contribution is -0.111. The Morgan fingerprint density at radius 2 is 2.00 bits per heavy atom. The summed E-state index contributed by atoms with van der Waals surface area (Å²) in [4.78, 5) is 11.8. The number of nitrogens with one attached hydrogen (secondary N) is 2. The molecule has 20 heavy (non-hydrogen) atoms. The van der Waals surface area contributed by atoms with E-state index in [0.717, 1.165) is 22.6 Å². The Labute approximate surface area is 117 Å². The van der Waals surface area contributed by atoms with E-state index >= 15 is 0 Å². The van der Waals surface area contributed by atoms with Gasteiger partial charge in [0.15, 0.2) is 5.82 Å². The Hall–Kier alpha value is -2.56. The molecule has 1 aromatic heterocycles. The lowest BCUT2D eigenvalue weighted by Gasteiger charge is -2.00. The molecule has 0 spiro atoms. The Bertz CT molecular complexity index is 627. The molecule has 1 heterocycles. The maximum atomic E-state index is 11.8. The second kappa shape index (κ2) is 6.06. The molecule has 2 rings (SSSR count). The fourth-order valence-electron chi connectivity index (χ4n) is 1.65. The van der Waals surface area contributed by atoms with Crippen molar-refractivity contribution in [2.24, 2.45) is 0 Å². The number of amides is 1. The molecule has 1 aromatic carbocycles. The zero-order valence-corrected chi connectivity index (χ0v) is 11.7. The van der Waals surface area contributed by atoms with Crippen LogP contribution >= 0.6 is 0 Å². The van der Waals surface area contributed by atoms with E-state index in [1.165, 1.54) is 6.08 Å². The number of methoxy groups -OCH3 is 1. The molecule has 0 aliphatic heterocycles. The van der Waals surface area contributed by atoms with Crippen molar-refractivity contribution in [3.63, 3.8) is 0 Å². The van der Waals surface area contributed by atoms with Crippen LogP contribution in [0.4, 0.5) is 5.82 Å². The van der Waals surface area contributed by atoms with Crippen LogP contribution in [0.2, 0.25) is 0 Å². The normalized spacial score (nSPS) is 10.8. The number of ether oxygens (including phenoxy) is 1. The van der Waals surface area contributed by atoms with Crippen LogP contribution in [-0.2, 0) is 4.79 Å². The monoisotopic (exact) mass is 271 g/mol. The second-order valence-corrected chi connectivity index (χ2v) is 4.42. The van der Waals surface area contributed by atoms with Gasteiger partial charge in [0, 0.05) is 17.3 Å². The number of hydrogen-bond acceptors (Lipinski definition) is 3. The number of aromatic amines is 1. The van der Waals surface area contributed by atoms with Crippen LogP contribution in [0.15, 0.2) is 30.3 Å². The molecular weight excluding hydrogens is 254 g/mol. The Balaban J connectivity index is 2.00. The van der Waals surface area contributed by atoms with Crippen LogP contribution in [0.5, 0.6) is 5.75 Å². The SMILES string of the molecule is COc1ccc(/C=C/C(=O)Nc2n[nH]c(C)c2C)cc1.